The highest BCUT2D eigenvalue weighted by Gasteiger charge is 2.30. The maximum Gasteiger partial charge on any atom is 0.416 e. The van der Waals surface area contributed by atoms with Gasteiger partial charge in [-0.1, -0.05) is 0 Å². The molecule has 0 saturated carbocycles. The largest absolute Gasteiger partial charge is 0.478 e. The van der Waals surface area contributed by atoms with Crippen molar-refractivity contribution in [3.63, 3.8) is 0 Å². The summed E-state index contributed by atoms with van der Waals surface area (Å²) in [5.74, 6) is -1.17. The van der Waals surface area contributed by atoms with Crippen LogP contribution in [0.25, 0.3) is 22.6 Å². The molecule has 0 aliphatic rings. The molecule has 0 aliphatic heterocycles. The maximum atomic E-state index is 12.8. The molecule has 0 saturated heterocycles. The van der Waals surface area contributed by atoms with E-state index in [9.17, 15) is 22.8 Å². The van der Waals surface area contributed by atoms with Gasteiger partial charge in [-0.3, -0.25) is 4.79 Å². The van der Waals surface area contributed by atoms with Crippen LogP contribution in [0.5, 0.6) is 0 Å². The van der Waals surface area contributed by atoms with Crippen molar-refractivity contribution < 1.29 is 23.1 Å². The highest BCUT2D eigenvalue weighted by atomic mass is 19.4. The summed E-state index contributed by atoms with van der Waals surface area (Å²) >= 11 is 0. The Bertz CT molecular complexity index is 1060. The second-order valence-electron chi connectivity index (χ2n) is 5.29. The lowest BCUT2D eigenvalue weighted by Crippen LogP contribution is -2.12. The zero-order valence-electron chi connectivity index (χ0n) is 12.3. The fourth-order valence-corrected chi connectivity index (χ4v) is 2.63. The fourth-order valence-electron chi connectivity index (χ4n) is 2.63. The topological polar surface area (TPSA) is 74.6 Å². The highest BCUT2D eigenvalue weighted by Crippen LogP contribution is 2.31. The first-order valence-electron chi connectivity index (χ1n) is 6.85. The van der Waals surface area contributed by atoms with E-state index < -0.39 is 23.3 Å². The van der Waals surface area contributed by atoms with Crippen LogP contribution in [0, 0.1) is 6.92 Å². The number of hydrogen-bond donors (Lipinski definition) is 2. The fraction of sp³-hybridized carbons (Fsp3) is 0.125. The van der Waals surface area contributed by atoms with Crippen molar-refractivity contribution in [2.24, 2.45) is 0 Å². The number of hydrogen-bond acceptors (Lipinski definition) is 2. The summed E-state index contributed by atoms with van der Waals surface area (Å²) in [4.78, 5) is 25.3. The van der Waals surface area contributed by atoms with Crippen molar-refractivity contribution in [1.29, 1.82) is 0 Å². The number of nitrogens with one attached hydrogen (secondary N) is 1. The van der Waals surface area contributed by atoms with Crippen LogP contribution in [0.1, 0.15) is 16.8 Å². The van der Waals surface area contributed by atoms with Gasteiger partial charge >= 0.3 is 12.1 Å². The smallest absolute Gasteiger partial charge is 0.416 e. The van der Waals surface area contributed by atoms with E-state index in [1.165, 1.54) is 16.5 Å². The lowest BCUT2D eigenvalue weighted by atomic mass is 10.2. The SMILES string of the molecule is Cc1cc2c(=O)[nH]c3cc(C(F)(F)F)ccc3n2c1/C=C/C(=O)O. The number of rotatable bonds is 2. The van der Waals surface area contributed by atoms with Crippen molar-refractivity contribution >= 4 is 28.6 Å². The van der Waals surface area contributed by atoms with Gasteiger partial charge in [-0.2, -0.15) is 13.2 Å². The minimum Gasteiger partial charge on any atom is -0.478 e. The first-order chi connectivity index (χ1) is 11.2. The van der Waals surface area contributed by atoms with Crippen LogP contribution in [-0.2, 0) is 11.0 Å². The molecule has 24 heavy (non-hydrogen) atoms. The Hall–Kier alpha value is -3.03. The van der Waals surface area contributed by atoms with Gasteiger partial charge in [0.2, 0.25) is 0 Å². The zero-order valence-corrected chi connectivity index (χ0v) is 12.3. The van der Waals surface area contributed by atoms with Crippen LogP contribution in [0.3, 0.4) is 0 Å². The van der Waals surface area contributed by atoms with E-state index >= 15 is 0 Å². The number of benzene rings is 1. The van der Waals surface area contributed by atoms with E-state index in [0.29, 0.717) is 16.8 Å². The lowest BCUT2D eigenvalue weighted by molar-refractivity contribution is -0.137. The second-order valence-corrected chi connectivity index (χ2v) is 5.29. The van der Waals surface area contributed by atoms with Crippen LogP contribution in [-0.4, -0.2) is 20.5 Å². The number of aliphatic carboxylic acids is 1. The van der Waals surface area contributed by atoms with Crippen molar-refractivity contribution in [2.75, 3.05) is 0 Å². The van der Waals surface area contributed by atoms with E-state index in [2.05, 4.69) is 4.98 Å². The third-order valence-corrected chi connectivity index (χ3v) is 3.67. The van der Waals surface area contributed by atoms with Crippen LogP contribution in [0.4, 0.5) is 13.2 Å². The molecule has 8 heteroatoms. The highest BCUT2D eigenvalue weighted by molar-refractivity contribution is 5.87. The van der Waals surface area contributed by atoms with Crippen molar-refractivity contribution in [2.45, 2.75) is 13.1 Å². The third kappa shape index (κ3) is 2.55. The Morgan fingerprint density at radius 3 is 2.58 bits per heavy atom. The zero-order chi connectivity index (χ0) is 17.6. The number of halogens is 3. The summed E-state index contributed by atoms with van der Waals surface area (Å²) in [6.45, 7) is 1.68. The third-order valence-electron chi connectivity index (χ3n) is 3.67. The van der Waals surface area contributed by atoms with Gasteiger partial charge in [0.15, 0.2) is 0 Å². The monoisotopic (exact) mass is 336 g/mol. The normalized spacial score (nSPS) is 12.5. The van der Waals surface area contributed by atoms with Gasteiger partial charge in [0.05, 0.1) is 16.6 Å². The van der Waals surface area contributed by atoms with Crippen molar-refractivity contribution in [3.05, 3.63) is 57.5 Å². The quantitative estimate of drug-likeness (QED) is 0.706. The Labute approximate surface area is 132 Å². The van der Waals surface area contributed by atoms with Crippen LogP contribution in [0.15, 0.2) is 35.1 Å². The molecular formula is C16H11F3N2O3. The van der Waals surface area contributed by atoms with Crippen LogP contribution < -0.4 is 5.56 Å². The molecule has 0 amide bonds. The van der Waals surface area contributed by atoms with Crippen LogP contribution in [0.2, 0.25) is 0 Å². The number of H-pyrrole nitrogens is 1. The summed E-state index contributed by atoms with van der Waals surface area (Å²) < 4.78 is 40.0. The second kappa shape index (κ2) is 5.26. The van der Waals surface area contributed by atoms with Gasteiger partial charge in [0.25, 0.3) is 5.56 Å². The average molecular weight is 336 g/mol. The minimum atomic E-state index is -4.53. The number of carboxylic acids is 1. The number of carboxylic acid groups (broad SMARTS) is 1. The first-order valence-corrected chi connectivity index (χ1v) is 6.85. The van der Waals surface area contributed by atoms with Crippen LogP contribution >= 0.6 is 0 Å². The molecule has 3 rings (SSSR count). The number of alkyl halides is 3. The Morgan fingerprint density at radius 1 is 1.25 bits per heavy atom. The molecule has 0 atom stereocenters. The molecular weight excluding hydrogens is 325 g/mol. The standard InChI is InChI=1S/C16H11F3N2O3/c1-8-6-13-15(24)20-10-7-9(16(17,18)19)2-3-12(10)21(13)11(8)4-5-14(22)23/h2-7H,1H3,(H,20,24)(H,22,23)/b5-4+. The average Bonchev–Trinajstić information content (AvgIpc) is 2.81. The van der Waals surface area contributed by atoms with Gasteiger partial charge in [-0.25, -0.2) is 4.79 Å². The molecule has 0 spiro atoms. The number of carbonyl (C=O) groups is 1. The first kappa shape index (κ1) is 15.9. The summed E-state index contributed by atoms with van der Waals surface area (Å²) in [7, 11) is 0. The van der Waals surface area contributed by atoms with Gasteiger partial charge in [-0.05, 0) is 42.8 Å². The number of aryl methyl sites for hydroxylation is 1. The maximum absolute atomic E-state index is 12.8. The Morgan fingerprint density at radius 2 is 1.96 bits per heavy atom. The molecule has 2 aromatic heterocycles. The molecule has 124 valence electrons. The van der Waals surface area contributed by atoms with Gasteiger partial charge in [-0.15, -0.1) is 0 Å². The van der Waals surface area contributed by atoms with Crippen molar-refractivity contribution in [3.8, 4) is 0 Å². The van der Waals surface area contributed by atoms with Gasteiger partial charge in [0.1, 0.15) is 5.52 Å². The number of aromatic nitrogens is 2. The molecule has 0 fully saturated rings. The number of fused-ring (bicyclic) bond motifs is 3. The summed E-state index contributed by atoms with van der Waals surface area (Å²) in [6.07, 6.45) is -2.31. The summed E-state index contributed by atoms with van der Waals surface area (Å²) in [5.41, 5.74) is 0.202. The summed E-state index contributed by atoms with van der Waals surface area (Å²) in [6, 6.07) is 4.58. The van der Waals surface area contributed by atoms with Gasteiger partial charge in [0, 0.05) is 11.8 Å². The summed E-state index contributed by atoms with van der Waals surface area (Å²) in [5, 5.41) is 8.78. The molecule has 2 N–H and O–H groups in total. The van der Waals surface area contributed by atoms with E-state index in [-0.39, 0.29) is 11.0 Å². The van der Waals surface area contributed by atoms with E-state index in [1.807, 2.05) is 0 Å². The van der Waals surface area contributed by atoms with Crippen molar-refractivity contribution in [1.82, 2.24) is 9.38 Å². The molecule has 1 aromatic carbocycles. The molecule has 0 aliphatic carbocycles. The number of aromatic amines is 1. The molecule has 0 radical (unpaired) electrons. The van der Waals surface area contributed by atoms with Gasteiger partial charge < -0.3 is 14.5 Å². The molecule has 2 heterocycles. The lowest BCUT2D eigenvalue weighted by Gasteiger charge is -2.10. The molecule has 5 nitrogen and oxygen atoms in total. The number of nitrogens with zero attached hydrogens (tertiary/aromatic N) is 1. The molecule has 0 bridgehead atoms. The predicted molar refractivity (Wildman–Crippen MR) is 81.9 cm³/mol. The van der Waals surface area contributed by atoms with E-state index in [1.54, 1.807) is 13.0 Å². The molecule has 0 unspecified atom stereocenters. The molecule has 3 aromatic rings. The minimum absolute atomic E-state index is 0.0166. The Balaban J connectivity index is 2.41. The Kier molecular flexibility index (Phi) is 3.47. The predicted octanol–water partition coefficient (Wildman–Crippen LogP) is 3.21. The van der Waals surface area contributed by atoms with E-state index in [0.717, 1.165) is 18.2 Å². The van der Waals surface area contributed by atoms with E-state index in [4.69, 9.17) is 5.11 Å².